The topological polar surface area (TPSA) is 103 Å². The van der Waals surface area contributed by atoms with Crippen molar-refractivity contribution in [1.82, 2.24) is 18.6 Å². The average Bonchev–Trinajstić information content (AvgIpc) is 2.99. The molecule has 11 heteroatoms. The maximum atomic E-state index is 13.9. The summed E-state index contributed by atoms with van der Waals surface area (Å²) in [7, 11) is -7.79. The first kappa shape index (κ1) is 18.0. The number of imidazole rings is 1. The Balaban J connectivity index is 1.82. The van der Waals surface area contributed by atoms with E-state index in [0.717, 1.165) is 10.4 Å². The van der Waals surface area contributed by atoms with E-state index in [4.69, 9.17) is 0 Å². The van der Waals surface area contributed by atoms with Crippen LogP contribution in [0.15, 0.2) is 46.7 Å². The van der Waals surface area contributed by atoms with E-state index in [1.165, 1.54) is 35.0 Å². The molecule has 0 atom stereocenters. The zero-order chi connectivity index (χ0) is 18.1. The quantitative estimate of drug-likeness (QED) is 0.828. The third-order valence-corrected chi connectivity index (χ3v) is 7.72. The number of H-pyrrole nitrogens is 1. The van der Waals surface area contributed by atoms with Crippen molar-refractivity contribution >= 4 is 20.0 Å². The van der Waals surface area contributed by atoms with E-state index >= 15 is 0 Å². The summed E-state index contributed by atoms with van der Waals surface area (Å²) < 4.78 is 66.5. The molecule has 8 nitrogen and oxygen atoms in total. The average molecular weight is 388 g/mol. The second-order valence-electron chi connectivity index (χ2n) is 5.51. The molecule has 1 N–H and O–H groups in total. The standard InChI is InChI=1S/C14H17FN4O4S2/c15-12-4-1-2-5-13(12)24(20,21)18-6-3-7-19(9-8-18)25(22,23)14-10-16-11-17-14/h1-2,4-5,10-11H,3,6-9H2,(H,16,17). The highest BCUT2D eigenvalue weighted by atomic mass is 32.2. The van der Waals surface area contributed by atoms with Gasteiger partial charge in [0, 0.05) is 26.2 Å². The number of aromatic amines is 1. The van der Waals surface area contributed by atoms with Crippen molar-refractivity contribution in [2.24, 2.45) is 0 Å². The minimum atomic E-state index is -4.02. The molecule has 2 aromatic rings. The molecule has 0 radical (unpaired) electrons. The number of nitrogens with one attached hydrogen (secondary N) is 1. The third-order valence-electron chi connectivity index (χ3n) is 3.96. The molecule has 0 spiro atoms. The molecule has 1 saturated heterocycles. The van der Waals surface area contributed by atoms with Crippen LogP contribution in [-0.2, 0) is 20.0 Å². The second-order valence-corrected chi connectivity index (χ2v) is 9.32. The fourth-order valence-electron chi connectivity index (χ4n) is 2.67. The molecule has 1 aliphatic heterocycles. The molecule has 0 saturated carbocycles. The number of aromatic nitrogens is 2. The molecule has 0 unspecified atom stereocenters. The van der Waals surface area contributed by atoms with Gasteiger partial charge < -0.3 is 4.98 Å². The number of hydrogen-bond donors (Lipinski definition) is 1. The molecule has 3 rings (SSSR count). The van der Waals surface area contributed by atoms with Crippen LogP contribution >= 0.6 is 0 Å². The van der Waals surface area contributed by atoms with E-state index in [1.54, 1.807) is 0 Å². The summed E-state index contributed by atoms with van der Waals surface area (Å²) in [6.45, 7) is 0.218. The molecule has 0 bridgehead atoms. The van der Waals surface area contributed by atoms with Gasteiger partial charge >= 0.3 is 0 Å². The lowest BCUT2D eigenvalue weighted by atomic mass is 10.3. The monoisotopic (exact) mass is 388 g/mol. The van der Waals surface area contributed by atoms with Crippen LogP contribution in [0.25, 0.3) is 0 Å². The van der Waals surface area contributed by atoms with Crippen molar-refractivity contribution in [3.8, 4) is 0 Å². The van der Waals surface area contributed by atoms with Gasteiger partial charge in [-0.1, -0.05) is 12.1 Å². The first-order valence-electron chi connectivity index (χ1n) is 7.57. The lowest BCUT2D eigenvalue weighted by Crippen LogP contribution is -2.37. The lowest BCUT2D eigenvalue weighted by molar-refractivity contribution is 0.402. The number of halogens is 1. The second kappa shape index (κ2) is 6.83. The molecular weight excluding hydrogens is 371 g/mol. The predicted octanol–water partition coefficient (Wildman–Crippen LogP) is 0.634. The number of rotatable bonds is 4. The van der Waals surface area contributed by atoms with E-state index in [0.29, 0.717) is 6.42 Å². The third kappa shape index (κ3) is 3.45. The fourth-order valence-corrected chi connectivity index (χ4v) is 5.57. The largest absolute Gasteiger partial charge is 0.335 e. The molecule has 1 aromatic carbocycles. The van der Waals surface area contributed by atoms with Crippen LogP contribution in [0.4, 0.5) is 4.39 Å². The number of nitrogens with zero attached hydrogens (tertiary/aromatic N) is 3. The summed E-state index contributed by atoms with van der Waals surface area (Å²) in [5.41, 5.74) is 0. The van der Waals surface area contributed by atoms with Gasteiger partial charge in [-0.15, -0.1) is 0 Å². The molecule has 0 amide bonds. The molecule has 136 valence electrons. The van der Waals surface area contributed by atoms with E-state index in [-0.39, 0.29) is 31.2 Å². The van der Waals surface area contributed by atoms with Gasteiger partial charge in [0.15, 0.2) is 5.03 Å². The minimum absolute atomic E-state index is 0.0188. The highest BCUT2D eigenvalue weighted by Gasteiger charge is 2.33. The molecule has 25 heavy (non-hydrogen) atoms. The fraction of sp³-hybridized carbons (Fsp3) is 0.357. The normalized spacial score (nSPS) is 18.1. The summed E-state index contributed by atoms with van der Waals surface area (Å²) in [6.07, 6.45) is 2.77. The number of benzene rings is 1. The first-order chi connectivity index (χ1) is 11.8. The Hall–Kier alpha value is -1.82. The van der Waals surface area contributed by atoms with Gasteiger partial charge in [0.25, 0.3) is 10.0 Å². The van der Waals surface area contributed by atoms with Crippen molar-refractivity contribution in [3.63, 3.8) is 0 Å². The Labute approximate surface area is 145 Å². The minimum Gasteiger partial charge on any atom is -0.335 e. The SMILES string of the molecule is O=S(=O)(c1cnc[nH]1)N1CCCN(S(=O)(=O)c2ccccc2F)CC1. The van der Waals surface area contributed by atoms with Crippen molar-refractivity contribution in [3.05, 3.63) is 42.6 Å². The highest BCUT2D eigenvalue weighted by molar-refractivity contribution is 7.89. The smallest absolute Gasteiger partial charge is 0.260 e. The summed E-state index contributed by atoms with van der Waals surface area (Å²) in [5, 5.41) is -0.0436. The highest BCUT2D eigenvalue weighted by Crippen LogP contribution is 2.22. The Morgan fingerprint density at radius 3 is 2.20 bits per heavy atom. The Morgan fingerprint density at radius 1 is 0.960 bits per heavy atom. The summed E-state index contributed by atoms with van der Waals surface area (Å²) in [5.74, 6) is -0.825. The van der Waals surface area contributed by atoms with Gasteiger partial charge in [0.2, 0.25) is 10.0 Å². The van der Waals surface area contributed by atoms with Crippen LogP contribution in [0.2, 0.25) is 0 Å². The molecule has 1 fully saturated rings. The molecule has 0 aliphatic carbocycles. The summed E-state index contributed by atoms with van der Waals surface area (Å²) >= 11 is 0. The Bertz CT molecular complexity index is 945. The predicted molar refractivity (Wildman–Crippen MR) is 87.1 cm³/mol. The van der Waals surface area contributed by atoms with Crippen molar-refractivity contribution in [1.29, 1.82) is 0 Å². The number of hydrogen-bond acceptors (Lipinski definition) is 5. The van der Waals surface area contributed by atoms with Crippen LogP contribution in [0, 0.1) is 5.82 Å². The van der Waals surface area contributed by atoms with E-state index in [2.05, 4.69) is 9.97 Å². The van der Waals surface area contributed by atoms with Gasteiger partial charge in [0.1, 0.15) is 10.7 Å². The Morgan fingerprint density at radius 2 is 1.60 bits per heavy atom. The first-order valence-corrected chi connectivity index (χ1v) is 10.4. The van der Waals surface area contributed by atoms with Crippen LogP contribution < -0.4 is 0 Å². The van der Waals surface area contributed by atoms with Crippen molar-refractivity contribution in [2.75, 3.05) is 26.2 Å². The number of sulfonamides is 2. The van der Waals surface area contributed by atoms with Crippen LogP contribution in [0.1, 0.15) is 6.42 Å². The van der Waals surface area contributed by atoms with Crippen molar-refractivity contribution < 1.29 is 21.2 Å². The zero-order valence-corrected chi connectivity index (χ0v) is 14.8. The Kier molecular flexibility index (Phi) is 4.91. The van der Waals surface area contributed by atoms with Crippen LogP contribution in [-0.4, -0.2) is 61.6 Å². The van der Waals surface area contributed by atoms with Crippen LogP contribution in [0.3, 0.4) is 0 Å². The lowest BCUT2D eigenvalue weighted by Gasteiger charge is -2.21. The maximum absolute atomic E-state index is 13.9. The van der Waals surface area contributed by atoms with Gasteiger partial charge in [-0.2, -0.15) is 8.61 Å². The van der Waals surface area contributed by atoms with Gasteiger partial charge in [-0.25, -0.2) is 26.2 Å². The summed E-state index contributed by atoms with van der Waals surface area (Å²) in [4.78, 5) is 5.85. The van der Waals surface area contributed by atoms with Crippen molar-refractivity contribution in [2.45, 2.75) is 16.3 Å². The van der Waals surface area contributed by atoms with E-state index < -0.39 is 30.8 Å². The van der Waals surface area contributed by atoms with Gasteiger partial charge in [0.05, 0.1) is 12.5 Å². The maximum Gasteiger partial charge on any atom is 0.260 e. The molecule has 2 heterocycles. The van der Waals surface area contributed by atoms with Crippen LogP contribution in [0.5, 0.6) is 0 Å². The zero-order valence-electron chi connectivity index (χ0n) is 13.2. The molecule has 1 aliphatic rings. The molecular formula is C14H17FN4O4S2. The molecule has 1 aromatic heterocycles. The van der Waals surface area contributed by atoms with E-state index in [1.807, 2.05) is 0 Å². The van der Waals surface area contributed by atoms with Gasteiger partial charge in [-0.3, -0.25) is 0 Å². The van der Waals surface area contributed by atoms with Gasteiger partial charge in [-0.05, 0) is 18.6 Å². The summed E-state index contributed by atoms with van der Waals surface area (Å²) in [6, 6.07) is 5.15. The van der Waals surface area contributed by atoms with E-state index in [9.17, 15) is 21.2 Å².